The van der Waals surface area contributed by atoms with Gasteiger partial charge in [-0.15, -0.1) is 0 Å². The van der Waals surface area contributed by atoms with Crippen LogP contribution in [0.1, 0.15) is 49.2 Å². The first-order valence-electron chi connectivity index (χ1n) is 8.39. The SMILES string of the molecule is CCCn1ncc2c1C(C)NCC2N(C)OCc1ccccc1. The molecule has 5 heteroatoms. The number of hydrogen-bond donors (Lipinski definition) is 1. The van der Waals surface area contributed by atoms with Gasteiger partial charge in [0.15, 0.2) is 0 Å². The van der Waals surface area contributed by atoms with Crippen LogP contribution in [-0.4, -0.2) is 28.4 Å². The molecular formula is C18H26N4O. The molecule has 1 aromatic carbocycles. The standard InChI is InChI=1S/C18H26N4O/c1-4-10-22-18-14(2)19-12-17(16(18)11-20-22)21(3)23-13-15-8-6-5-7-9-15/h5-9,11,14,17,19H,4,10,12-13H2,1-3H3. The Kier molecular flexibility index (Phi) is 5.10. The molecule has 2 unspecified atom stereocenters. The summed E-state index contributed by atoms with van der Waals surface area (Å²) in [5.41, 5.74) is 3.75. The van der Waals surface area contributed by atoms with E-state index in [0.717, 1.165) is 19.5 Å². The summed E-state index contributed by atoms with van der Waals surface area (Å²) in [5.74, 6) is 0. The lowest BCUT2D eigenvalue weighted by atomic mass is 9.98. The maximum absolute atomic E-state index is 5.99. The Hall–Kier alpha value is -1.69. The molecule has 1 aliphatic rings. The van der Waals surface area contributed by atoms with E-state index >= 15 is 0 Å². The number of fused-ring (bicyclic) bond motifs is 1. The van der Waals surface area contributed by atoms with Gasteiger partial charge in [0.2, 0.25) is 0 Å². The third kappa shape index (κ3) is 3.47. The van der Waals surface area contributed by atoms with E-state index in [1.165, 1.54) is 16.8 Å². The first-order chi connectivity index (χ1) is 11.2. The summed E-state index contributed by atoms with van der Waals surface area (Å²) in [7, 11) is 2.01. The number of hydroxylamine groups is 2. The van der Waals surface area contributed by atoms with Gasteiger partial charge in [0.25, 0.3) is 0 Å². The monoisotopic (exact) mass is 314 g/mol. The molecule has 0 aliphatic carbocycles. The second kappa shape index (κ2) is 7.25. The van der Waals surface area contributed by atoms with Crippen LogP contribution in [0.3, 0.4) is 0 Å². The normalized spacial score (nSPS) is 20.7. The maximum atomic E-state index is 5.99. The molecule has 0 saturated carbocycles. The van der Waals surface area contributed by atoms with Crippen LogP contribution >= 0.6 is 0 Å². The van der Waals surface area contributed by atoms with Crippen molar-refractivity contribution in [2.24, 2.45) is 0 Å². The van der Waals surface area contributed by atoms with Gasteiger partial charge < -0.3 is 5.32 Å². The fourth-order valence-corrected chi connectivity index (χ4v) is 3.19. The first-order valence-corrected chi connectivity index (χ1v) is 8.39. The van der Waals surface area contributed by atoms with E-state index in [4.69, 9.17) is 4.84 Å². The minimum Gasteiger partial charge on any atom is -0.307 e. The van der Waals surface area contributed by atoms with Crippen molar-refractivity contribution in [1.29, 1.82) is 0 Å². The molecule has 3 rings (SSSR count). The topological polar surface area (TPSA) is 42.3 Å². The van der Waals surface area contributed by atoms with Crippen LogP contribution in [0, 0.1) is 0 Å². The van der Waals surface area contributed by atoms with Gasteiger partial charge in [0, 0.05) is 31.7 Å². The van der Waals surface area contributed by atoms with Gasteiger partial charge >= 0.3 is 0 Å². The molecule has 0 bridgehead atoms. The number of rotatable bonds is 6. The highest BCUT2D eigenvalue weighted by Gasteiger charge is 2.31. The van der Waals surface area contributed by atoms with E-state index in [1.54, 1.807) is 0 Å². The van der Waals surface area contributed by atoms with Gasteiger partial charge in [-0.2, -0.15) is 10.2 Å². The Morgan fingerprint density at radius 1 is 1.35 bits per heavy atom. The third-order valence-electron chi connectivity index (χ3n) is 4.45. The van der Waals surface area contributed by atoms with E-state index in [9.17, 15) is 0 Å². The summed E-state index contributed by atoms with van der Waals surface area (Å²) in [5, 5.41) is 10.1. The highest BCUT2D eigenvalue weighted by molar-refractivity contribution is 5.28. The maximum Gasteiger partial charge on any atom is 0.0936 e. The molecule has 5 nitrogen and oxygen atoms in total. The van der Waals surface area contributed by atoms with Gasteiger partial charge in [-0.05, 0) is 18.9 Å². The molecule has 0 amide bonds. The fourth-order valence-electron chi connectivity index (χ4n) is 3.19. The Labute approximate surface area is 138 Å². The molecule has 1 aliphatic heterocycles. The quantitative estimate of drug-likeness (QED) is 0.832. The first kappa shape index (κ1) is 16.2. The summed E-state index contributed by atoms with van der Waals surface area (Å²) in [6.07, 6.45) is 3.10. The number of nitrogens with one attached hydrogen (secondary N) is 1. The Morgan fingerprint density at radius 2 is 2.13 bits per heavy atom. The van der Waals surface area contributed by atoms with Gasteiger partial charge in [-0.25, -0.2) is 0 Å². The zero-order chi connectivity index (χ0) is 16.2. The second-order valence-corrected chi connectivity index (χ2v) is 6.16. The van der Waals surface area contributed by atoms with Crippen molar-refractivity contribution in [3.05, 3.63) is 53.3 Å². The number of aromatic nitrogens is 2. The molecule has 23 heavy (non-hydrogen) atoms. The third-order valence-corrected chi connectivity index (χ3v) is 4.45. The average molecular weight is 314 g/mol. The fraction of sp³-hybridized carbons (Fsp3) is 0.500. The summed E-state index contributed by atoms with van der Waals surface area (Å²) in [6, 6.07) is 10.8. The lowest BCUT2D eigenvalue weighted by Crippen LogP contribution is -2.40. The van der Waals surface area contributed by atoms with Crippen molar-refractivity contribution in [3.8, 4) is 0 Å². The summed E-state index contributed by atoms with van der Waals surface area (Å²) >= 11 is 0. The molecule has 0 radical (unpaired) electrons. The van der Waals surface area contributed by atoms with Crippen LogP contribution in [0.25, 0.3) is 0 Å². The lowest BCUT2D eigenvalue weighted by molar-refractivity contribution is -0.180. The number of hydrogen-bond acceptors (Lipinski definition) is 4. The van der Waals surface area contributed by atoms with Crippen molar-refractivity contribution in [2.45, 2.75) is 45.5 Å². The predicted octanol–water partition coefficient (Wildman–Crippen LogP) is 3.06. The van der Waals surface area contributed by atoms with E-state index in [1.807, 2.05) is 36.5 Å². The van der Waals surface area contributed by atoms with Crippen molar-refractivity contribution < 1.29 is 4.84 Å². The molecule has 1 aromatic heterocycles. The van der Waals surface area contributed by atoms with Crippen LogP contribution in [0.2, 0.25) is 0 Å². The number of aryl methyl sites for hydroxylation is 1. The van der Waals surface area contributed by atoms with Gasteiger partial charge in [0.1, 0.15) is 0 Å². The van der Waals surface area contributed by atoms with Crippen molar-refractivity contribution in [1.82, 2.24) is 20.2 Å². The highest BCUT2D eigenvalue weighted by Crippen LogP contribution is 2.32. The molecule has 1 N–H and O–H groups in total. The highest BCUT2D eigenvalue weighted by atomic mass is 16.7. The van der Waals surface area contributed by atoms with E-state index in [-0.39, 0.29) is 6.04 Å². The molecule has 2 atom stereocenters. The van der Waals surface area contributed by atoms with E-state index < -0.39 is 0 Å². The van der Waals surface area contributed by atoms with Crippen LogP contribution in [0.5, 0.6) is 0 Å². The van der Waals surface area contributed by atoms with Gasteiger partial charge in [-0.1, -0.05) is 37.3 Å². The molecule has 0 fully saturated rings. The van der Waals surface area contributed by atoms with Crippen LogP contribution < -0.4 is 5.32 Å². The molecular weight excluding hydrogens is 288 g/mol. The lowest BCUT2D eigenvalue weighted by Gasteiger charge is -2.34. The van der Waals surface area contributed by atoms with Crippen LogP contribution in [0.15, 0.2) is 36.5 Å². The zero-order valence-corrected chi connectivity index (χ0v) is 14.2. The number of nitrogens with zero attached hydrogens (tertiary/aromatic N) is 3. The van der Waals surface area contributed by atoms with Crippen molar-refractivity contribution in [3.63, 3.8) is 0 Å². The zero-order valence-electron chi connectivity index (χ0n) is 14.2. The summed E-state index contributed by atoms with van der Waals surface area (Å²) < 4.78 is 2.13. The van der Waals surface area contributed by atoms with Crippen molar-refractivity contribution >= 4 is 0 Å². The minimum absolute atomic E-state index is 0.190. The Bertz CT molecular complexity index is 625. The number of benzene rings is 1. The van der Waals surface area contributed by atoms with Crippen molar-refractivity contribution in [2.75, 3.05) is 13.6 Å². The van der Waals surface area contributed by atoms with E-state index in [2.05, 4.69) is 41.1 Å². The second-order valence-electron chi connectivity index (χ2n) is 6.16. The van der Waals surface area contributed by atoms with Crippen LogP contribution in [-0.2, 0) is 18.0 Å². The molecule has 0 spiro atoms. The Balaban J connectivity index is 1.72. The Morgan fingerprint density at radius 3 is 2.87 bits per heavy atom. The van der Waals surface area contributed by atoms with Crippen LogP contribution in [0.4, 0.5) is 0 Å². The summed E-state index contributed by atoms with van der Waals surface area (Å²) in [4.78, 5) is 5.99. The van der Waals surface area contributed by atoms with Gasteiger partial charge in [-0.3, -0.25) is 9.52 Å². The largest absolute Gasteiger partial charge is 0.307 e. The summed E-state index contributed by atoms with van der Waals surface area (Å²) in [6.45, 7) is 6.80. The molecule has 2 heterocycles. The molecule has 0 saturated heterocycles. The predicted molar refractivity (Wildman–Crippen MR) is 90.7 cm³/mol. The smallest absolute Gasteiger partial charge is 0.0936 e. The molecule has 2 aromatic rings. The van der Waals surface area contributed by atoms with Gasteiger partial charge in [0.05, 0.1) is 24.5 Å². The molecule has 124 valence electrons. The minimum atomic E-state index is 0.190. The van der Waals surface area contributed by atoms with E-state index in [0.29, 0.717) is 12.6 Å². The number of likely N-dealkylation sites (N-methyl/N-ethyl adjacent to an activating group) is 1. The average Bonchev–Trinajstić information content (AvgIpc) is 2.99.